The van der Waals surface area contributed by atoms with Crippen molar-refractivity contribution in [2.45, 2.75) is 5.51 Å². The second-order valence-corrected chi connectivity index (χ2v) is 3.03. The van der Waals surface area contributed by atoms with Crippen LogP contribution in [0.5, 0.6) is 0 Å². The van der Waals surface area contributed by atoms with Crippen molar-refractivity contribution < 1.29 is 8.78 Å². The van der Waals surface area contributed by atoms with Gasteiger partial charge in [0.25, 0.3) is 0 Å². The number of nitrogens with zero attached hydrogens (tertiary/aromatic N) is 2. The van der Waals surface area contributed by atoms with Crippen molar-refractivity contribution in [1.29, 1.82) is 0 Å². The van der Waals surface area contributed by atoms with E-state index in [1.54, 1.807) is 24.3 Å². The Morgan fingerprint density at radius 2 is 2.00 bits per heavy atom. The number of hydrogen-bond donors (Lipinski definition) is 0. The van der Waals surface area contributed by atoms with Gasteiger partial charge < -0.3 is 0 Å². The number of imidazole rings is 1. The maximum Gasteiger partial charge on any atom is 0.412 e. The first-order valence-corrected chi connectivity index (χ1v) is 3.96. The highest BCUT2D eigenvalue weighted by Gasteiger charge is 2.28. The van der Waals surface area contributed by atoms with Gasteiger partial charge >= 0.3 is 5.51 Å². The molecule has 0 N–H and O–H groups in total. The minimum Gasteiger partial charge on any atom is -0.256 e. The molecule has 0 fully saturated rings. The Kier molecular flexibility index (Phi) is 1.73. The average Bonchev–Trinajstić information content (AvgIpc) is 2.45. The molecule has 1 heterocycles. The summed E-state index contributed by atoms with van der Waals surface area (Å²) in [6, 6.07) is 6.57. The molecule has 0 aliphatic heterocycles. The van der Waals surface area contributed by atoms with Crippen LogP contribution in [0.3, 0.4) is 0 Å². The van der Waals surface area contributed by atoms with E-state index in [-0.39, 0.29) is 0 Å². The molecule has 0 radical (unpaired) electrons. The van der Waals surface area contributed by atoms with Crippen LogP contribution >= 0.6 is 11.6 Å². The van der Waals surface area contributed by atoms with Gasteiger partial charge in [-0.3, -0.25) is 4.57 Å². The number of alkyl halides is 3. The van der Waals surface area contributed by atoms with Crippen LogP contribution in [-0.4, -0.2) is 9.55 Å². The van der Waals surface area contributed by atoms with Crippen molar-refractivity contribution in [3.05, 3.63) is 30.6 Å². The van der Waals surface area contributed by atoms with E-state index in [4.69, 9.17) is 11.6 Å². The Labute approximate surface area is 77.8 Å². The number of rotatable bonds is 1. The Morgan fingerprint density at radius 3 is 2.69 bits per heavy atom. The van der Waals surface area contributed by atoms with E-state index in [1.807, 2.05) is 0 Å². The third-order valence-corrected chi connectivity index (χ3v) is 1.91. The van der Waals surface area contributed by atoms with Gasteiger partial charge in [0.2, 0.25) is 0 Å². The van der Waals surface area contributed by atoms with E-state index in [1.165, 1.54) is 0 Å². The zero-order valence-electron chi connectivity index (χ0n) is 6.42. The quantitative estimate of drug-likeness (QED) is 0.651. The van der Waals surface area contributed by atoms with Crippen LogP contribution in [0.2, 0.25) is 0 Å². The van der Waals surface area contributed by atoms with Gasteiger partial charge in [-0.2, -0.15) is 8.78 Å². The zero-order chi connectivity index (χ0) is 9.47. The largest absolute Gasteiger partial charge is 0.412 e. The van der Waals surface area contributed by atoms with E-state index in [9.17, 15) is 8.78 Å². The molecule has 0 unspecified atom stereocenters. The second kappa shape index (κ2) is 2.67. The molecule has 0 aliphatic rings. The maximum absolute atomic E-state index is 12.7. The van der Waals surface area contributed by atoms with Gasteiger partial charge in [0.1, 0.15) is 6.33 Å². The van der Waals surface area contributed by atoms with Crippen molar-refractivity contribution in [3.8, 4) is 0 Å². The highest BCUT2D eigenvalue weighted by molar-refractivity contribution is 6.20. The number of halogens is 3. The number of benzene rings is 1. The summed E-state index contributed by atoms with van der Waals surface area (Å²) in [4.78, 5) is 3.78. The molecule has 5 heteroatoms. The topological polar surface area (TPSA) is 17.8 Å². The molecule has 2 nitrogen and oxygen atoms in total. The van der Waals surface area contributed by atoms with Crippen LogP contribution < -0.4 is 0 Å². The predicted octanol–water partition coefficient (Wildman–Crippen LogP) is 2.78. The SMILES string of the molecule is FC(F)(Cl)n1cnc2ccccc21. The lowest BCUT2D eigenvalue weighted by atomic mass is 10.3. The van der Waals surface area contributed by atoms with E-state index < -0.39 is 5.51 Å². The minimum absolute atomic E-state index is 0.322. The predicted molar refractivity (Wildman–Crippen MR) is 45.8 cm³/mol. The van der Waals surface area contributed by atoms with Crippen LogP contribution in [-0.2, 0) is 5.51 Å². The maximum atomic E-state index is 12.7. The Morgan fingerprint density at radius 1 is 1.31 bits per heavy atom. The van der Waals surface area contributed by atoms with Gasteiger partial charge in [-0.25, -0.2) is 4.98 Å². The van der Waals surface area contributed by atoms with Gasteiger partial charge in [-0.1, -0.05) is 12.1 Å². The molecule has 2 aromatic rings. The number of aromatic nitrogens is 2. The first kappa shape index (κ1) is 8.44. The van der Waals surface area contributed by atoms with Crippen LogP contribution in [0.15, 0.2) is 30.6 Å². The van der Waals surface area contributed by atoms with Crippen molar-refractivity contribution >= 4 is 22.6 Å². The lowest BCUT2D eigenvalue weighted by Gasteiger charge is -2.09. The molecule has 1 aromatic heterocycles. The monoisotopic (exact) mass is 202 g/mol. The molecule has 1 aromatic carbocycles. The molecule has 0 amide bonds. The standard InChI is InChI=1S/C8H5ClF2N2/c9-8(10,11)13-5-12-6-3-1-2-4-7(6)13/h1-5H. The first-order chi connectivity index (χ1) is 6.09. The zero-order valence-corrected chi connectivity index (χ0v) is 7.17. The van der Waals surface area contributed by atoms with Crippen molar-refractivity contribution in [2.24, 2.45) is 0 Å². The van der Waals surface area contributed by atoms with Crippen LogP contribution in [0.25, 0.3) is 11.0 Å². The second-order valence-electron chi connectivity index (χ2n) is 2.57. The third kappa shape index (κ3) is 1.37. The van der Waals surface area contributed by atoms with E-state index >= 15 is 0 Å². The fourth-order valence-corrected chi connectivity index (χ4v) is 1.30. The Hall–Kier alpha value is -1.16. The summed E-state index contributed by atoms with van der Waals surface area (Å²) in [5, 5.41) is 0. The number of para-hydroxylation sites is 2. The summed E-state index contributed by atoms with van der Waals surface area (Å²) in [5.41, 5.74) is -2.60. The van der Waals surface area contributed by atoms with Crippen molar-refractivity contribution in [3.63, 3.8) is 0 Å². The lowest BCUT2D eigenvalue weighted by molar-refractivity contribution is 0.0182. The Balaban J connectivity index is 2.72. The molecule has 0 atom stereocenters. The molecular weight excluding hydrogens is 198 g/mol. The summed E-state index contributed by atoms with van der Waals surface area (Å²) in [6.07, 6.45) is 1.03. The van der Waals surface area contributed by atoms with Crippen LogP contribution in [0.1, 0.15) is 0 Å². The molecule has 0 aliphatic carbocycles. The van der Waals surface area contributed by atoms with Crippen molar-refractivity contribution in [2.75, 3.05) is 0 Å². The fourth-order valence-electron chi connectivity index (χ4n) is 1.16. The molecule has 68 valence electrons. The van der Waals surface area contributed by atoms with Crippen molar-refractivity contribution in [1.82, 2.24) is 9.55 Å². The highest BCUT2D eigenvalue weighted by atomic mass is 35.5. The lowest BCUT2D eigenvalue weighted by Crippen LogP contribution is -2.13. The van der Waals surface area contributed by atoms with E-state index in [2.05, 4.69) is 4.98 Å². The molecule has 13 heavy (non-hydrogen) atoms. The molecule has 0 saturated carbocycles. The summed E-state index contributed by atoms with van der Waals surface area (Å²) < 4.78 is 26.0. The molecule has 0 bridgehead atoms. The third-order valence-electron chi connectivity index (χ3n) is 1.73. The van der Waals surface area contributed by atoms with Crippen LogP contribution in [0.4, 0.5) is 8.78 Å². The summed E-state index contributed by atoms with van der Waals surface area (Å²) in [5.74, 6) is 0. The summed E-state index contributed by atoms with van der Waals surface area (Å²) in [7, 11) is 0. The normalized spacial score (nSPS) is 12.2. The van der Waals surface area contributed by atoms with Gasteiger partial charge in [-0.15, -0.1) is 0 Å². The van der Waals surface area contributed by atoms with E-state index in [0.717, 1.165) is 6.33 Å². The fraction of sp³-hybridized carbons (Fsp3) is 0.125. The molecule has 0 spiro atoms. The smallest absolute Gasteiger partial charge is 0.256 e. The van der Waals surface area contributed by atoms with Gasteiger partial charge in [0.05, 0.1) is 11.0 Å². The Bertz CT molecular complexity index is 433. The highest BCUT2D eigenvalue weighted by Crippen LogP contribution is 2.29. The number of hydrogen-bond acceptors (Lipinski definition) is 1. The van der Waals surface area contributed by atoms with Gasteiger partial charge in [-0.05, 0) is 23.7 Å². The summed E-state index contributed by atoms with van der Waals surface area (Å²) in [6.45, 7) is 0. The van der Waals surface area contributed by atoms with Gasteiger partial charge in [0, 0.05) is 0 Å². The van der Waals surface area contributed by atoms with E-state index in [0.29, 0.717) is 15.6 Å². The molecular formula is C8H5ClF2N2. The van der Waals surface area contributed by atoms with Gasteiger partial charge in [0.15, 0.2) is 0 Å². The first-order valence-electron chi connectivity index (χ1n) is 3.58. The summed E-state index contributed by atoms with van der Waals surface area (Å²) >= 11 is 4.87. The minimum atomic E-state index is -3.42. The molecule has 0 saturated heterocycles. The van der Waals surface area contributed by atoms with Crippen LogP contribution in [0, 0.1) is 0 Å². The number of fused-ring (bicyclic) bond motifs is 1. The average molecular weight is 203 g/mol. The molecule has 2 rings (SSSR count).